The number of nitrogens with zero attached hydrogens (tertiary/aromatic N) is 4. The van der Waals surface area contributed by atoms with E-state index < -0.39 is 0 Å². The fraction of sp³-hybridized carbons (Fsp3) is 0.550. The van der Waals surface area contributed by atoms with E-state index in [2.05, 4.69) is 20.2 Å². The molecule has 1 aromatic heterocycles. The van der Waals surface area contributed by atoms with Gasteiger partial charge in [-0.25, -0.2) is 14.8 Å². The van der Waals surface area contributed by atoms with E-state index in [9.17, 15) is 4.79 Å². The number of carbonyl (C=O) groups is 1. The molecule has 2 aromatic rings. The average molecular weight is 371 g/mol. The van der Waals surface area contributed by atoms with Gasteiger partial charge in [-0.2, -0.15) is 0 Å². The van der Waals surface area contributed by atoms with Gasteiger partial charge >= 0.3 is 6.03 Å². The first-order valence-electron chi connectivity index (χ1n) is 9.49. The number of benzene rings is 1. The van der Waals surface area contributed by atoms with Crippen LogP contribution in [0.2, 0.25) is 0 Å². The number of hydrogen-bond acceptors (Lipinski definition) is 5. The van der Waals surface area contributed by atoms with Crippen LogP contribution in [0.5, 0.6) is 0 Å². The number of anilines is 1. The Morgan fingerprint density at radius 3 is 2.59 bits per heavy atom. The Morgan fingerprint density at radius 1 is 1.19 bits per heavy atom. The Kier molecular flexibility index (Phi) is 6.23. The molecule has 0 radical (unpaired) electrons. The van der Waals surface area contributed by atoms with Gasteiger partial charge in [0.2, 0.25) is 0 Å². The van der Waals surface area contributed by atoms with Crippen LogP contribution in [0.15, 0.2) is 18.2 Å². The minimum Gasteiger partial charge on any atom is -0.376 e. The molecular formula is C20H29N5O2. The standard InChI is InChI=1S/C20H29N5O2/c1-14-15(2)22-19-12-16(7-8-18(19)21-14)23-20(26)25(10-9-24(3)4)13-17-6-5-11-27-17/h7-8,12,17H,5-6,9-11,13H2,1-4H3,(H,23,26)/t17-/m1/s1. The van der Waals surface area contributed by atoms with Crippen LogP contribution in [0.25, 0.3) is 11.0 Å². The molecule has 7 heteroatoms. The molecular weight excluding hydrogens is 342 g/mol. The molecule has 1 fully saturated rings. The SMILES string of the molecule is Cc1nc2ccc(NC(=O)N(CCN(C)C)C[C@H]3CCCO3)cc2nc1C. The lowest BCUT2D eigenvalue weighted by molar-refractivity contribution is 0.0820. The summed E-state index contributed by atoms with van der Waals surface area (Å²) in [5.74, 6) is 0. The second kappa shape index (κ2) is 8.63. The van der Waals surface area contributed by atoms with Gasteiger partial charge in [-0.05, 0) is 59.0 Å². The Bertz CT molecular complexity index is 802. The van der Waals surface area contributed by atoms with Crippen LogP contribution in [0, 0.1) is 13.8 Å². The predicted molar refractivity (Wildman–Crippen MR) is 107 cm³/mol. The summed E-state index contributed by atoms with van der Waals surface area (Å²) < 4.78 is 5.72. The van der Waals surface area contributed by atoms with Gasteiger partial charge in [-0.3, -0.25) is 0 Å². The molecule has 2 amide bonds. The van der Waals surface area contributed by atoms with E-state index in [0.29, 0.717) is 13.1 Å². The van der Waals surface area contributed by atoms with Crippen LogP contribution in [0.1, 0.15) is 24.2 Å². The summed E-state index contributed by atoms with van der Waals surface area (Å²) in [7, 11) is 4.02. The highest BCUT2D eigenvalue weighted by Crippen LogP contribution is 2.19. The topological polar surface area (TPSA) is 70.6 Å². The first-order chi connectivity index (χ1) is 12.9. The normalized spacial score (nSPS) is 16.9. The molecule has 1 aliphatic rings. The lowest BCUT2D eigenvalue weighted by atomic mass is 10.2. The molecule has 1 N–H and O–H groups in total. The largest absolute Gasteiger partial charge is 0.376 e. The maximum atomic E-state index is 12.9. The maximum absolute atomic E-state index is 12.9. The highest BCUT2D eigenvalue weighted by molar-refractivity contribution is 5.92. The summed E-state index contributed by atoms with van der Waals surface area (Å²) in [5.41, 5.74) is 4.17. The van der Waals surface area contributed by atoms with Gasteiger partial charge in [0.1, 0.15) is 0 Å². The van der Waals surface area contributed by atoms with Crippen LogP contribution < -0.4 is 5.32 Å². The summed E-state index contributed by atoms with van der Waals surface area (Å²) in [6.45, 7) is 6.76. The minimum absolute atomic E-state index is 0.108. The Morgan fingerprint density at radius 2 is 1.93 bits per heavy atom. The molecule has 27 heavy (non-hydrogen) atoms. The number of aromatic nitrogens is 2. The van der Waals surface area contributed by atoms with E-state index in [1.165, 1.54) is 0 Å². The lowest BCUT2D eigenvalue weighted by Gasteiger charge is -2.27. The highest BCUT2D eigenvalue weighted by atomic mass is 16.5. The van der Waals surface area contributed by atoms with E-state index in [0.717, 1.165) is 54.1 Å². The van der Waals surface area contributed by atoms with Gasteiger partial charge in [0, 0.05) is 31.9 Å². The van der Waals surface area contributed by atoms with Gasteiger partial charge in [-0.1, -0.05) is 0 Å². The van der Waals surface area contributed by atoms with Gasteiger partial charge in [0.15, 0.2) is 0 Å². The van der Waals surface area contributed by atoms with E-state index >= 15 is 0 Å². The number of urea groups is 1. The van der Waals surface area contributed by atoms with E-state index in [4.69, 9.17) is 4.74 Å². The van der Waals surface area contributed by atoms with E-state index in [1.807, 2.05) is 51.0 Å². The maximum Gasteiger partial charge on any atom is 0.321 e. The zero-order valence-corrected chi connectivity index (χ0v) is 16.7. The third-order valence-electron chi connectivity index (χ3n) is 4.88. The van der Waals surface area contributed by atoms with Crippen molar-refractivity contribution in [1.82, 2.24) is 19.8 Å². The number of amides is 2. The third-order valence-corrected chi connectivity index (χ3v) is 4.88. The van der Waals surface area contributed by atoms with E-state index in [-0.39, 0.29) is 12.1 Å². The minimum atomic E-state index is -0.108. The Hall–Kier alpha value is -2.25. The van der Waals surface area contributed by atoms with Crippen molar-refractivity contribution in [1.29, 1.82) is 0 Å². The first-order valence-corrected chi connectivity index (χ1v) is 9.49. The molecule has 0 spiro atoms. The quantitative estimate of drug-likeness (QED) is 0.845. The van der Waals surface area contributed by atoms with E-state index in [1.54, 1.807) is 0 Å². The second-order valence-electron chi connectivity index (χ2n) is 7.41. The van der Waals surface area contributed by atoms with Crippen molar-refractivity contribution in [2.75, 3.05) is 45.7 Å². The number of hydrogen-bond donors (Lipinski definition) is 1. The number of likely N-dealkylation sites (N-methyl/N-ethyl adjacent to an activating group) is 1. The van der Waals surface area contributed by atoms with Gasteiger partial charge < -0.3 is 19.9 Å². The van der Waals surface area contributed by atoms with Crippen LogP contribution in [0.4, 0.5) is 10.5 Å². The monoisotopic (exact) mass is 371 g/mol. The van der Waals surface area contributed by atoms with Crippen molar-refractivity contribution in [2.45, 2.75) is 32.8 Å². The number of fused-ring (bicyclic) bond motifs is 1. The summed E-state index contributed by atoms with van der Waals surface area (Å²) >= 11 is 0. The number of rotatable bonds is 6. The molecule has 7 nitrogen and oxygen atoms in total. The highest BCUT2D eigenvalue weighted by Gasteiger charge is 2.22. The lowest BCUT2D eigenvalue weighted by Crippen LogP contribution is -2.43. The van der Waals surface area contributed by atoms with Crippen molar-refractivity contribution in [3.05, 3.63) is 29.6 Å². The van der Waals surface area contributed by atoms with Crippen LogP contribution in [-0.2, 0) is 4.74 Å². The molecule has 0 aliphatic carbocycles. The number of ether oxygens (including phenoxy) is 1. The number of nitrogens with one attached hydrogen (secondary N) is 1. The van der Waals surface area contributed by atoms with Crippen molar-refractivity contribution < 1.29 is 9.53 Å². The molecule has 146 valence electrons. The van der Waals surface area contributed by atoms with Crippen LogP contribution >= 0.6 is 0 Å². The predicted octanol–water partition coefficient (Wildman–Crippen LogP) is 2.82. The van der Waals surface area contributed by atoms with Crippen molar-refractivity contribution in [3.63, 3.8) is 0 Å². The fourth-order valence-corrected chi connectivity index (χ4v) is 3.14. The molecule has 1 aromatic carbocycles. The average Bonchev–Trinajstić information content (AvgIpc) is 3.12. The van der Waals surface area contributed by atoms with Crippen molar-refractivity contribution in [2.24, 2.45) is 0 Å². The summed E-state index contributed by atoms with van der Waals surface area (Å²) in [4.78, 5) is 25.9. The number of carbonyl (C=O) groups excluding carboxylic acids is 1. The third kappa shape index (κ3) is 5.14. The molecule has 2 heterocycles. The summed E-state index contributed by atoms with van der Waals surface area (Å²) in [5, 5.41) is 3.01. The van der Waals surface area contributed by atoms with Crippen LogP contribution in [-0.4, -0.2) is 72.2 Å². The molecule has 1 atom stereocenters. The Balaban J connectivity index is 1.72. The molecule has 0 saturated carbocycles. The zero-order valence-electron chi connectivity index (χ0n) is 16.7. The molecule has 1 saturated heterocycles. The summed E-state index contributed by atoms with van der Waals surface area (Å²) in [6, 6.07) is 5.54. The zero-order chi connectivity index (χ0) is 19.4. The van der Waals surface area contributed by atoms with Crippen molar-refractivity contribution in [3.8, 4) is 0 Å². The smallest absolute Gasteiger partial charge is 0.321 e. The van der Waals surface area contributed by atoms with Gasteiger partial charge in [-0.15, -0.1) is 0 Å². The molecule has 1 aliphatic heterocycles. The van der Waals surface area contributed by atoms with Crippen LogP contribution in [0.3, 0.4) is 0 Å². The molecule has 0 bridgehead atoms. The second-order valence-corrected chi connectivity index (χ2v) is 7.41. The summed E-state index contributed by atoms with van der Waals surface area (Å²) in [6.07, 6.45) is 2.21. The Labute approximate surface area is 160 Å². The van der Waals surface area contributed by atoms with Crippen molar-refractivity contribution >= 4 is 22.8 Å². The first kappa shape index (κ1) is 19.5. The fourth-order valence-electron chi connectivity index (χ4n) is 3.14. The molecule has 3 rings (SSSR count). The number of aryl methyl sites for hydroxylation is 2. The molecule has 0 unspecified atom stereocenters. The van der Waals surface area contributed by atoms with Gasteiger partial charge in [0.25, 0.3) is 0 Å². The van der Waals surface area contributed by atoms with Gasteiger partial charge in [0.05, 0.1) is 28.5 Å².